The molecule has 0 aromatic heterocycles. The van der Waals surface area contributed by atoms with Gasteiger partial charge >= 0.3 is 0 Å². The predicted octanol–water partition coefficient (Wildman–Crippen LogP) is 6.34. The molecule has 4 aromatic rings. The summed E-state index contributed by atoms with van der Waals surface area (Å²) in [5.41, 5.74) is 18.5. The van der Waals surface area contributed by atoms with Crippen LogP contribution in [0.1, 0.15) is 42.1 Å². The van der Waals surface area contributed by atoms with Crippen molar-refractivity contribution >= 4 is 17.5 Å². The van der Waals surface area contributed by atoms with Gasteiger partial charge < -0.3 is 14.6 Å². The van der Waals surface area contributed by atoms with E-state index in [1.165, 1.54) is 0 Å². The summed E-state index contributed by atoms with van der Waals surface area (Å²) >= 11 is 0. The van der Waals surface area contributed by atoms with Gasteiger partial charge in [-0.1, -0.05) is 84.0 Å². The standard InChI is InChI=1S/C35H34N6O4/c36-41-39-31-10-5-4-9-28(31)23-35(34(43)40-38-29-17-18-29)32(26-13-11-25(12-14-26)24-7-2-1-3-8-24)45-33(37-35)27-15-19-30(20-16-27)44-22-6-21-42/h1-5,7-16,19-20,29,32,38,42H,6,17-18,21-23H2,(H,40,43)/t32-,35-/m0/s1. The molecule has 4 aromatic carbocycles. The van der Waals surface area contributed by atoms with Gasteiger partial charge in [-0.05, 0) is 64.9 Å². The van der Waals surface area contributed by atoms with Crippen molar-refractivity contribution in [2.45, 2.75) is 43.4 Å². The minimum Gasteiger partial charge on any atom is -0.494 e. The summed E-state index contributed by atoms with van der Waals surface area (Å²) < 4.78 is 12.3. The highest BCUT2D eigenvalue weighted by Gasteiger charge is 2.53. The van der Waals surface area contributed by atoms with E-state index in [2.05, 4.69) is 20.9 Å². The molecule has 0 saturated heterocycles. The number of nitrogens with zero attached hydrogens (tertiary/aromatic N) is 4. The molecule has 45 heavy (non-hydrogen) atoms. The molecule has 1 fully saturated rings. The Morgan fingerprint density at radius 2 is 1.64 bits per heavy atom. The predicted molar refractivity (Wildman–Crippen MR) is 172 cm³/mol. The summed E-state index contributed by atoms with van der Waals surface area (Å²) in [4.78, 5) is 22.4. The first-order valence-electron chi connectivity index (χ1n) is 15.0. The first-order valence-corrected chi connectivity index (χ1v) is 15.0. The second-order valence-corrected chi connectivity index (χ2v) is 11.1. The number of aliphatic imine (C=N–C) groups is 1. The van der Waals surface area contributed by atoms with Gasteiger partial charge in [0.15, 0.2) is 11.6 Å². The maximum Gasteiger partial charge on any atom is 0.266 e. The van der Waals surface area contributed by atoms with E-state index in [-0.39, 0.29) is 25.0 Å². The third-order valence-corrected chi connectivity index (χ3v) is 7.92. The van der Waals surface area contributed by atoms with Crippen LogP contribution in [0.4, 0.5) is 5.69 Å². The van der Waals surface area contributed by atoms with E-state index in [1.807, 2.05) is 91.0 Å². The minimum atomic E-state index is -1.44. The van der Waals surface area contributed by atoms with Crippen LogP contribution >= 0.6 is 0 Å². The van der Waals surface area contributed by atoms with Crippen LogP contribution in [0.15, 0.2) is 113 Å². The first kappa shape index (κ1) is 29.9. The molecule has 10 heteroatoms. The fourth-order valence-electron chi connectivity index (χ4n) is 5.36. The van der Waals surface area contributed by atoms with Crippen molar-refractivity contribution < 1.29 is 19.4 Å². The first-order chi connectivity index (χ1) is 22.1. The zero-order chi connectivity index (χ0) is 31.1. The molecule has 228 valence electrons. The summed E-state index contributed by atoms with van der Waals surface area (Å²) in [5.74, 6) is 0.623. The van der Waals surface area contributed by atoms with Gasteiger partial charge in [0.2, 0.25) is 5.90 Å². The molecule has 2 aliphatic rings. The molecule has 1 heterocycles. The summed E-state index contributed by atoms with van der Waals surface area (Å²) in [6.45, 7) is 0.454. The Balaban J connectivity index is 1.42. The van der Waals surface area contributed by atoms with Gasteiger partial charge in [-0.25, -0.2) is 10.4 Å². The maximum absolute atomic E-state index is 14.3. The summed E-state index contributed by atoms with van der Waals surface area (Å²) in [7, 11) is 0. The van der Waals surface area contributed by atoms with E-state index < -0.39 is 11.6 Å². The molecule has 0 bridgehead atoms. The number of aliphatic hydroxyl groups is 1. The molecule has 2 atom stereocenters. The van der Waals surface area contributed by atoms with Crippen molar-refractivity contribution in [1.82, 2.24) is 10.9 Å². The van der Waals surface area contributed by atoms with Gasteiger partial charge in [-0.15, -0.1) is 0 Å². The Bertz CT molecular complexity index is 1700. The van der Waals surface area contributed by atoms with E-state index in [4.69, 9.17) is 19.6 Å². The van der Waals surface area contributed by atoms with Crippen molar-refractivity contribution in [3.8, 4) is 16.9 Å². The molecule has 1 amide bonds. The molecule has 1 saturated carbocycles. The number of carbonyl (C=O) groups is 1. The molecular weight excluding hydrogens is 568 g/mol. The van der Waals surface area contributed by atoms with Gasteiger partial charge in [0, 0.05) is 41.7 Å². The number of amides is 1. The monoisotopic (exact) mass is 602 g/mol. The van der Waals surface area contributed by atoms with Crippen LogP contribution in [-0.2, 0) is 16.0 Å². The van der Waals surface area contributed by atoms with Crippen LogP contribution in [0.3, 0.4) is 0 Å². The lowest BCUT2D eigenvalue weighted by atomic mass is 9.81. The van der Waals surface area contributed by atoms with Gasteiger partial charge in [0.05, 0.1) is 6.61 Å². The van der Waals surface area contributed by atoms with Crippen LogP contribution in [0, 0.1) is 0 Å². The Morgan fingerprint density at radius 3 is 2.36 bits per heavy atom. The quantitative estimate of drug-likeness (QED) is 0.0538. The SMILES string of the molecule is [N-]=[N+]=Nc1ccccc1C[C@]1(C(=O)NNC2CC2)N=C(c2ccc(OCCCO)cc2)O[C@H]1c1ccc(-c2ccccc2)cc1. The number of carbonyl (C=O) groups excluding carboxylic acids is 1. The van der Waals surface area contributed by atoms with E-state index in [9.17, 15) is 10.3 Å². The lowest BCUT2D eigenvalue weighted by Gasteiger charge is -2.31. The number of benzene rings is 4. The van der Waals surface area contributed by atoms with Gasteiger partial charge in [-0.2, -0.15) is 0 Å². The van der Waals surface area contributed by atoms with Crippen LogP contribution in [0.25, 0.3) is 21.6 Å². The molecule has 0 radical (unpaired) electrons. The number of hydrogen-bond donors (Lipinski definition) is 3. The normalized spacial score (nSPS) is 18.8. The topological polar surface area (TPSA) is 141 Å². The number of hydrogen-bond acceptors (Lipinski definition) is 7. The molecule has 10 nitrogen and oxygen atoms in total. The second-order valence-electron chi connectivity index (χ2n) is 11.1. The van der Waals surface area contributed by atoms with Crippen molar-refractivity contribution in [3.63, 3.8) is 0 Å². The highest BCUT2D eigenvalue weighted by molar-refractivity contribution is 6.01. The third kappa shape index (κ3) is 6.84. The third-order valence-electron chi connectivity index (χ3n) is 7.92. The molecule has 1 aliphatic heterocycles. The molecule has 0 spiro atoms. The zero-order valence-corrected chi connectivity index (χ0v) is 24.7. The maximum atomic E-state index is 14.3. The molecular formula is C35H34N6O4. The van der Waals surface area contributed by atoms with Gasteiger partial charge in [0.25, 0.3) is 5.91 Å². The van der Waals surface area contributed by atoms with E-state index in [0.717, 1.165) is 29.5 Å². The van der Waals surface area contributed by atoms with Crippen molar-refractivity contribution in [3.05, 3.63) is 130 Å². The average Bonchev–Trinajstić information content (AvgIpc) is 3.84. The number of rotatable bonds is 13. The smallest absolute Gasteiger partial charge is 0.266 e. The van der Waals surface area contributed by atoms with Gasteiger partial charge in [0.1, 0.15) is 5.75 Å². The van der Waals surface area contributed by atoms with Gasteiger partial charge in [-0.3, -0.25) is 10.2 Å². The largest absolute Gasteiger partial charge is 0.494 e. The second kappa shape index (κ2) is 13.7. The lowest BCUT2D eigenvalue weighted by molar-refractivity contribution is -0.130. The number of aliphatic hydroxyl groups excluding tert-OH is 1. The van der Waals surface area contributed by atoms with E-state index in [0.29, 0.717) is 41.5 Å². The minimum absolute atomic E-state index is 0.0546. The number of nitrogens with one attached hydrogen (secondary N) is 2. The van der Waals surface area contributed by atoms with Crippen molar-refractivity contribution in [2.75, 3.05) is 13.2 Å². The Morgan fingerprint density at radius 1 is 0.956 bits per heavy atom. The van der Waals surface area contributed by atoms with Crippen molar-refractivity contribution in [1.29, 1.82) is 0 Å². The number of hydrazine groups is 1. The molecule has 6 rings (SSSR count). The van der Waals surface area contributed by atoms with Crippen LogP contribution in [-0.4, -0.2) is 41.7 Å². The summed E-state index contributed by atoms with van der Waals surface area (Å²) in [6.07, 6.45) is 1.83. The summed E-state index contributed by atoms with van der Waals surface area (Å²) in [6, 6.07) is 32.8. The number of azide groups is 1. The highest BCUT2D eigenvalue weighted by atomic mass is 16.5. The van der Waals surface area contributed by atoms with Crippen LogP contribution in [0.5, 0.6) is 5.75 Å². The Labute approximate surface area is 261 Å². The highest BCUT2D eigenvalue weighted by Crippen LogP contribution is 2.44. The number of ether oxygens (including phenoxy) is 2. The van der Waals surface area contributed by atoms with E-state index in [1.54, 1.807) is 12.1 Å². The fourth-order valence-corrected chi connectivity index (χ4v) is 5.36. The Kier molecular flexibility index (Phi) is 9.07. The zero-order valence-electron chi connectivity index (χ0n) is 24.7. The fraction of sp³-hybridized carbons (Fsp3) is 0.257. The molecule has 3 N–H and O–H groups in total. The van der Waals surface area contributed by atoms with Crippen LogP contribution < -0.4 is 15.6 Å². The van der Waals surface area contributed by atoms with Crippen LogP contribution in [0.2, 0.25) is 0 Å². The molecule has 0 unspecified atom stereocenters. The summed E-state index contributed by atoms with van der Waals surface area (Å²) in [5, 5.41) is 13.0. The van der Waals surface area contributed by atoms with E-state index >= 15 is 0 Å². The molecule has 1 aliphatic carbocycles. The average molecular weight is 603 g/mol. The Hall–Kier alpha value is -5.15. The van der Waals surface area contributed by atoms with Crippen molar-refractivity contribution in [2.24, 2.45) is 10.1 Å². The lowest BCUT2D eigenvalue weighted by Crippen LogP contribution is -2.54.